The monoisotopic (exact) mass is 203 g/mol. The summed E-state index contributed by atoms with van der Waals surface area (Å²) in [5, 5.41) is 0.267. The average molecular weight is 204 g/mol. The second-order valence-corrected chi connectivity index (χ2v) is 4.45. The van der Waals surface area contributed by atoms with Crippen molar-refractivity contribution in [2.45, 2.75) is 18.8 Å². The highest BCUT2D eigenvalue weighted by Crippen LogP contribution is 2.32. The number of aromatic nitrogens is 1. The van der Waals surface area contributed by atoms with Gasteiger partial charge >= 0.3 is 0 Å². The van der Waals surface area contributed by atoms with Crippen molar-refractivity contribution in [2.24, 2.45) is 0 Å². The number of halogens is 1. The quantitative estimate of drug-likeness (QED) is 0.702. The van der Waals surface area contributed by atoms with Gasteiger partial charge in [0.25, 0.3) is 5.35 Å². The van der Waals surface area contributed by atoms with E-state index in [1.165, 1.54) is 24.3 Å². The Morgan fingerprint density at radius 2 is 2.25 bits per heavy atom. The SMILES string of the molecule is Clc1ncc(C2CCSCC2)o1. The zero-order chi connectivity index (χ0) is 8.39. The summed E-state index contributed by atoms with van der Waals surface area (Å²) < 4.78 is 5.27. The summed E-state index contributed by atoms with van der Waals surface area (Å²) in [6, 6.07) is 0. The van der Waals surface area contributed by atoms with Crippen molar-refractivity contribution in [3.05, 3.63) is 17.3 Å². The van der Waals surface area contributed by atoms with E-state index in [0.717, 1.165) is 5.76 Å². The van der Waals surface area contributed by atoms with Crippen molar-refractivity contribution in [3.63, 3.8) is 0 Å². The van der Waals surface area contributed by atoms with E-state index >= 15 is 0 Å². The lowest BCUT2D eigenvalue weighted by molar-refractivity contribution is 0.445. The van der Waals surface area contributed by atoms with E-state index in [-0.39, 0.29) is 5.35 Å². The third-order valence-corrected chi connectivity index (χ3v) is 3.34. The standard InChI is InChI=1S/C8H10ClNOS/c9-8-10-5-7(11-8)6-1-3-12-4-2-6/h5-6H,1-4H2. The number of thioether (sulfide) groups is 1. The fourth-order valence-corrected chi connectivity index (χ4v) is 2.68. The molecule has 1 aromatic rings. The van der Waals surface area contributed by atoms with Gasteiger partial charge in [-0.05, 0) is 35.9 Å². The number of hydrogen-bond donors (Lipinski definition) is 0. The third kappa shape index (κ3) is 1.77. The molecule has 1 fully saturated rings. The number of oxazole rings is 1. The van der Waals surface area contributed by atoms with Crippen LogP contribution in [0.25, 0.3) is 0 Å². The maximum Gasteiger partial charge on any atom is 0.292 e. The molecule has 2 heterocycles. The van der Waals surface area contributed by atoms with Crippen LogP contribution in [-0.4, -0.2) is 16.5 Å². The molecular formula is C8H10ClNOS. The second-order valence-electron chi connectivity index (χ2n) is 2.90. The summed E-state index contributed by atoms with van der Waals surface area (Å²) in [6.07, 6.45) is 4.13. The first-order valence-electron chi connectivity index (χ1n) is 4.05. The Morgan fingerprint density at radius 1 is 1.50 bits per heavy atom. The molecule has 0 aromatic carbocycles. The van der Waals surface area contributed by atoms with Gasteiger partial charge in [-0.15, -0.1) is 0 Å². The largest absolute Gasteiger partial charge is 0.433 e. The molecule has 12 heavy (non-hydrogen) atoms. The fourth-order valence-electron chi connectivity index (χ4n) is 1.44. The molecule has 0 aliphatic carbocycles. The van der Waals surface area contributed by atoms with Crippen molar-refractivity contribution in [1.29, 1.82) is 0 Å². The molecule has 1 aliphatic rings. The number of nitrogens with zero attached hydrogens (tertiary/aromatic N) is 1. The Morgan fingerprint density at radius 3 is 2.83 bits per heavy atom. The highest BCUT2D eigenvalue weighted by atomic mass is 35.5. The Hall–Kier alpha value is -0.150. The van der Waals surface area contributed by atoms with Gasteiger partial charge in [0.2, 0.25) is 0 Å². The molecule has 0 bridgehead atoms. The van der Waals surface area contributed by atoms with E-state index in [1.807, 2.05) is 11.8 Å². The molecule has 66 valence electrons. The predicted octanol–water partition coefficient (Wildman–Crippen LogP) is 2.94. The molecule has 0 N–H and O–H groups in total. The topological polar surface area (TPSA) is 26.0 Å². The minimum Gasteiger partial charge on any atom is -0.433 e. The van der Waals surface area contributed by atoms with E-state index in [2.05, 4.69) is 4.98 Å². The lowest BCUT2D eigenvalue weighted by Crippen LogP contribution is -2.06. The molecular weight excluding hydrogens is 194 g/mol. The van der Waals surface area contributed by atoms with Gasteiger partial charge in [-0.1, -0.05) is 0 Å². The van der Waals surface area contributed by atoms with Crippen LogP contribution in [0.4, 0.5) is 0 Å². The van der Waals surface area contributed by atoms with Gasteiger partial charge in [0.1, 0.15) is 5.76 Å². The highest BCUT2D eigenvalue weighted by molar-refractivity contribution is 7.99. The summed E-state index contributed by atoms with van der Waals surface area (Å²) in [6.45, 7) is 0. The van der Waals surface area contributed by atoms with Crippen LogP contribution in [0.3, 0.4) is 0 Å². The third-order valence-electron chi connectivity index (χ3n) is 2.12. The van der Waals surface area contributed by atoms with Crippen molar-refractivity contribution < 1.29 is 4.42 Å². The molecule has 2 rings (SSSR count). The molecule has 0 amide bonds. The first kappa shape index (κ1) is 8.45. The van der Waals surface area contributed by atoms with Gasteiger partial charge in [0.15, 0.2) is 0 Å². The van der Waals surface area contributed by atoms with Crippen LogP contribution in [-0.2, 0) is 0 Å². The molecule has 2 nitrogen and oxygen atoms in total. The van der Waals surface area contributed by atoms with E-state index in [9.17, 15) is 0 Å². The van der Waals surface area contributed by atoms with Gasteiger partial charge in [-0.2, -0.15) is 11.8 Å². The zero-order valence-corrected chi connectivity index (χ0v) is 8.20. The normalized spacial score (nSPS) is 19.8. The van der Waals surface area contributed by atoms with Crippen LogP contribution >= 0.6 is 23.4 Å². The minimum absolute atomic E-state index is 0.267. The van der Waals surface area contributed by atoms with Crippen LogP contribution in [0.5, 0.6) is 0 Å². The Bertz CT molecular complexity index is 257. The van der Waals surface area contributed by atoms with E-state index in [1.54, 1.807) is 6.20 Å². The van der Waals surface area contributed by atoms with Gasteiger partial charge in [-0.25, -0.2) is 4.98 Å². The first-order valence-corrected chi connectivity index (χ1v) is 5.58. The number of hydrogen-bond acceptors (Lipinski definition) is 3. The molecule has 0 atom stereocenters. The van der Waals surface area contributed by atoms with E-state index < -0.39 is 0 Å². The summed E-state index contributed by atoms with van der Waals surface area (Å²) >= 11 is 7.60. The fraction of sp³-hybridized carbons (Fsp3) is 0.625. The van der Waals surface area contributed by atoms with Crippen molar-refractivity contribution in [1.82, 2.24) is 4.98 Å². The minimum atomic E-state index is 0.267. The van der Waals surface area contributed by atoms with Gasteiger partial charge in [0, 0.05) is 5.92 Å². The Labute approximate surface area is 80.7 Å². The first-order chi connectivity index (χ1) is 5.86. The van der Waals surface area contributed by atoms with Crippen molar-refractivity contribution in [3.8, 4) is 0 Å². The maximum absolute atomic E-state index is 5.60. The van der Waals surface area contributed by atoms with E-state index in [0.29, 0.717) is 5.92 Å². The summed E-state index contributed by atoms with van der Waals surface area (Å²) in [5.74, 6) is 3.96. The van der Waals surface area contributed by atoms with Crippen LogP contribution in [0, 0.1) is 0 Å². The molecule has 1 aliphatic heterocycles. The lowest BCUT2D eigenvalue weighted by atomic mass is 10.0. The molecule has 4 heteroatoms. The molecule has 0 saturated carbocycles. The molecule has 1 saturated heterocycles. The number of rotatable bonds is 1. The smallest absolute Gasteiger partial charge is 0.292 e. The average Bonchev–Trinajstić information content (AvgIpc) is 2.54. The van der Waals surface area contributed by atoms with Gasteiger partial charge in [0.05, 0.1) is 6.20 Å². The van der Waals surface area contributed by atoms with Crippen molar-refractivity contribution >= 4 is 23.4 Å². The lowest BCUT2D eigenvalue weighted by Gasteiger charge is -2.18. The molecule has 0 unspecified atom stereocenters. The van der Waals surface area contributed by atoms with Crippen LogP contribution in [0.2, 0.25) is 5.35 Å². The van der Waals surface area contributed by atoms with Crippen molar-refractivity contribution in [2.75, 3.05) is 11.5 Å². The second kappa shape index (κ2) is 3.71. The van der Waals surface area contributed by atoms with Gasteiger partial charge in [-0.3, -0.25) is 0 Å². The summed E-state index contributed by atoms with van der Waals surface area (Å²) in [7, 11) is 0. The van der Waals surface area contributed by atoms with Crippen LogP contribution in [0.15, 0.2) is 10.6 Å². The Balaban J connectivity index is 2.08. The van der Waals surface area contributed by atoms with Crippen LogP contribution < -0.4 is 0 Å². The van der Waals surface area contributed by atoms with E-state index in [4.69, 9.17) is 16.0 Å². The van der Waals surface area contributed by atoms with Gasteiger partial charge < -0.3 is 4.42 Å². The van der Waals surface area contributed by atoms with Crippen LogP contribution in [0.1, 0.15) is 24.5 Å². The maximum atomic E-state index is 5.60. The summed E-state index contributed by atoms with van der Waals surface area (Å²) in [4.78, 5) is 3.88. The highest BCUT2D eigenvalue weighted by Gasteiger charge is 2.19. The Kier molecular flexibility index (Phi) is 2.61. The molecule has 1 aromatic heterocycles. The molecule has 0 radical (unpaired) electrons. The summed E-state index contributed by atoms with van der Waals surface area (Å²) in [5.41, 5.74) is 0. The predicted molar refractivity (Wildman–Crippen MR) is 50.8 cm³/mol. The molecule has 0 spiro atoms. The zero-order valence-electron chi connectivity index (χ0n) is 6.62.